The number of likely N-dealkylation sites (tertiary alicyclic amines) is 2. The van der Waals surface area contributed by atoms with E-state index in [1.54, 1.807) is 0 Å². The standard InChI is InChI=1S/C27H43N3O2/c1-28-16-13-25(14-17-28)29(2)19-22-8-6-12-26(18-22)32-21-23-9-7-15-30(20-23)27(31)24-10-4-3-5-11-24/h6,8,12,18,23-25H,3-5,7,9-11,13-17,19-21H2,1-2H3/t23-/m0/s1. The fourth-order valence-electron chi connectivity index (χ4n) is 5.81. The molecule has 3 aliphatic rings. The van der Waals surface area contributed by atoms with Gasteiger partial charge in [-0.1, -0.05) is 31.4 Å². The number of nitrogens with zero attached hydrogens (tertiary/aromatic N) is 3. The molecule has 1 aliphatic carbocycles. The lowest BCUT2D eigenvalue weighted by Crippen LogP contribution is -2.44. The van der Waals surface area contributed by atoms with Gasteiger partial charge in [-0.25, -0.2) is 0 Å². The highest BCUT2D eigenvalue weighted by molar-refractivity contribution is 5.79. The Morgan fingerprint density at radius 3 is 2.59 bits per heavy atom. The lowest BCUT2D eigenvalue weighted by atomic mass is 9.87. The highest BCUT2D eigenvalue weighted by Gasteiger charge is 2.30. The van der Waals surface area contributed by atoms with Crippen LogP contribution < -0.4 is 4.74 Å². The normalized spacial score (nSPS) is 24.1. The van der Waals surface area contributed by atoms with Gasteiger partial charge in [0.15, 0.2) is 0 Å². The zero-order valence-corrected chi connectivity index (χ0v) is 20.3. The summed E-state index contributed by atoms with van der Waals surface area (Å²) in [4.78, 5) is 20.0. The van der Waals surface area contributed by atoms with Crippen molar-refractivity contribution in [3.8, 4) is 5.75 Å². The van der Waals surface area contributed by atoms with E-state index in [0.717, 1.165) is 51.1 Å². The molecule has 1 saturated carbocycles. The van der Waals surface area contributed by atoms with Crippen LogP contribution in [0.15, 0.2) is 24.3 Å². The summed E-state index contributed by atoms with van der Waals surface area (Å²) in [5.74, 6) is 2.10. The minimum Gasteiger partial charge on any atom is -0.493 e. The summed E-state index contributed by atoms with van der Waals surface area (Å²) in [6.45, 7) is 5.87. The Morgan fingerprint density at radius 1 is 1.03 bits per heavy atom. The van der Waals surface area contributed by atoms with Crippen molar-refractivity contribution in [3.05, 3.63) is 29.8 Å². The molecule has 5 heteroatoms. The number of hydrogen-bond acceptors (Lipinski definition) is 4. The Balaban J connectivity index is 1.25. The number of rotatable bonds is 7. The number of amides is 1. The lowest BCUT2D eigenvalue weighted by Gasteiger charge is -2.36. The zero-order valence-electron chi connectivity index (χ0n) is 20.3. The van der Waals surface area contributed by atoms with Crippen LogP contribution >= 0.6 is 0 Å². The Bertz CT molecular complexity index is 725. The number of ether oxygens (including phenoxy) is 1. The van der Waals surface area contributed by atoms with Crippen LogP contribution in [0.4, 0.5) is 0 Å². The van der Waals surface area contributed by atoms with Crippen molar-refractivity contribution in [2.45, 2.75) is 70.4 Å². The molecule has 2 aliphatic heterocycles. The first-order valence-electron chi connectivity index (χ1n) is 13.0. The molecule has 0 aromatic heterocycles. The molecule has 32 heavy (non-hydrogen) atoms. The fourth-order valence-corrected chi connectivity index (χ4v) is 5.81. The molecule has 0 radical (unpaired) electrons. The summed E-state index contributed by atoms with van der Waals surface area (Å²) < 4.78 is 6.24. The maximum absolute atomic E-state index is 12.9. The lowest BCUT2D eigenvalue weighted by molar-refractivity contribution is -0.138. The molecule has 2 heterocycles. The van der Waals surface area contributed by atoms with Crippen LogP contribution in [0.3, 0.4) is 0 Å². The van der Waals surface area contributed by atoms with Gasteiger partial charge in [-0.15, -0.1) is 0 Å². The van der Waals surface area contributed by atoms with Gasteiger partial charge in [-0.2, -0.15) is 0 Å². The van der Waals surface area contributed by atoms with Crippen molar-refractivity contribution in [1.29, 1.82) is 0 Å². The first-order valence-corrected chi connectivity index (χ1v) is 13.0. The molecule has 4 rings (SSSR count). The second-order valence-electron chi connectivity index (χ2n) is 10.5. The quantitative estimate of drug-likeness (QED) is 0.628. The minimum absolute atomic E-state index is 0.279. The molecule has 0 bridgehead atoms. The van der Waals surface area contributed by atoms with E-state index in [4.69, 9.17) is 4.74 Å². The van der Waals surface area contributed by atoms with Crippen LogP contribution in [0, 0.1) is 11.8 Å². The third-order valence-corrected chi connectivity index (χ3v) is 7.91. The fraction of sp³-hybridized carbons (Fsp3) is 0.741. The van der Waals surface area contributed by atoms with Crippen LogP contribution in [0.2, 0.25) is 0 Å². The summed E-state index contributed by atoms with van der Waals surface area (Å²) in [7, 11) is 4.47. The monoisotopic (exact) mass is 441 g/mol. The van der Waals surface area contributed by atoms with E-state index in [-0.39, 0.29) is 5.92 Å². The molecular weight excluding hydrogens is 398 g/mol. The number of benzene rings is 1. The van der Waals surface area contributed by atoms with Gasteiger partial charge in [0.1, 0.15) is 5.75 Å². The molecular formula is C27H43N3O2. The Kier molecular flexibility index (Phi) is 8.48. The van der Waals surface area contributed by atoms with Crippen molar-refractivity contribution in [2.24, 2.45) is 11.8 Å². The van der Waals surface area contributed by atoms with E-state index in [2.05, 4.69) is 53.1 Å². The molecule has 178 valence electrons. The molecule has 1 amide bonds. The third-order valence-electron chi connectivity index (χ3n) is 7.91. The van der Waals surface area contributed by atoms with Gasteiger partial charge >= 0.3 is 0 Å². The second-order valence-corrected chi connectivity index (χ2v) is 10.5. The molecule has 3 fully saturated rings. The average molecular weight is 442 g/mol. The maximum Gasteiger partial charge on any atom is 0.225 e. The molecule has 0 spiro atoms. The largest absolute Gasteiger partial charge is 0.493 e. The summed E-state index contributed by atoms with van der Waals surface area (Å²) in [6, 6.07) is 9.29. The average Bonchev–Trinajstić information content (AvgIpc) is 2.83. The van der Waals surface area contributed by atoms with E-state index in [9.17, 15) is 4.79 Å². The summed E-state index contributed by atoms with van der Waals surface area (Å²) in [5, 5.41) is 0. The predicted octanol–water partition coefficient (Wildman–Crippen LogP) is 4.41. The van der Waals surface area contributed by atoms with E-state index < -0.39 is 0 Å². The molecule has 0 N–H and O–H groups in total. The second kappa shape index (κ2) is 11.5. The van der Waals surface area contributed by atoms with Crippen LogP contribution in [0.1, 0.15) is 63.4 Å². The van der Waals surface area contributed by atoms with Gasteiger partial charge in [0.2, 0.25) is 5.91 Å². The zero-order chi connectivity index (χ0) is 22.3. The number of piperidine rings is 2. The Morgan fingerprint density at radius 2 is 1.81 bits per heavy atom. The van der Waals surface area contributed by atoms with Gasteiger partial charge in [-0.3, -0.25) is 9.69 Å². The topological polar surface area (TPSA) is 36.0 Å². The summed E-state index contributed by atoms with van der Waals surface area (Å²) in [6.07, 6.45) is 10.7. The van der Waals surface area contributed by atoms with Gasteiger partial charge < -0.3 is 14.5 Å². The van der Waals surface area contributed by atoms with Crippen molar-refractivity contribution in [3.63, 3.8) is 0 Å². The minimum atomic E-state index is 0.279. The van der Waals surface area contributed by atoms with Crippen LogP contribution in [0.5, 0.6) is 5.75 Å². The molecule has 1 aromatic carbocycles. The maximum atomic E-state index is 12.9. The molecule has 1 atom stereocenters. The van der Waals surface area contributed by atoms with Crippen LogP contribution in [-0.2, 0) is 11.3 Å². The third kappa shape index (κ3) is 6.48. The first-order chi connectivity index (χ1) is 15.6. The highest BCUT2D eigenvalue weighted by atomic mass is 16.5. The molecule has 1 aromatic rings. The van der Waals surface area contributed by atoms with Crippen molar-refractivity contribution >= 4 is 5.91 Å². The smallest absolute Gasteiger partial charge is 0.225 e. The van der Waals surface area contributed by atoms with Crippen LogP contribution in [-0.4, -0.2) is 73.5 Å². The van der Waals surface area contributed by atoms with Gasteiger partial charge in [0.05, 0.1) is 6.61 Å². The van der Waals surface area contributed by atoms with Crippen LogP contribution in [0.25, 0.3) is 0 Å². The van der Waals surface area contributed by atoms with Crippen molar-refractivity contribution in [2.75, 3.05) is 46.9 Å². The number of carbonyl (C=O) groups is 1. The summed E-state index contributed by atoms with van der Waals surface area (Å²) >= 11 is 0. The Labute approximate surface area is 195 Å². The van der Waals surface area contributed by atoms with Gasteiger partial charge in [0.25, 0.3) is 0 Å². The Hall–Kier alpha value is -1.59. The predicted molar refractivity (Wildman–Crippen MR) is 130 cm³/mol. The first kappa shape index (κ1) is 23.6. The molecule has 2 saturated heterocycles. The molecule has 0 unspecified atom stereocenters. The van der Waals surface area contributed by atoms with Gasteiger partial charge in [-0.05, 0) is 83.4 Å². The van der Waals surface area contributed by atoms with E-state index >= 15 is 0 Å². The van der Waals surface area contributed by atoms with E-state index in [1.165, 1.54) is 50.8 Å². The van der Waals surface area contributed by atoms with E-state index in [1.807, 2.05) is 0 Å². The molecule has 5 nitrogen and oxygen atoms in total. The van der Waals surface area contributed by atoms with Crippen molar-refractivity contribution in [1.82, 2.24) is 14.7 Å². The van der Waals surface area contributed by atoms with Crippen molar-refractivity contribution < 1.29 is 9.53 Å². The highest BCUT2D eigenvalue weighted by Crippen LogP contribution is 2.28. The summed E-state index contributed by atoms with van der Waals surface area (Å²) in [5.41, 5.74) is 1.32. The number of carbonyl (C=O) groups excluding carboxylic acids is 1. The number of hydrogen-bond donors (Lipinski definition) is 0. The van der Waals surface area contributed by atoms with E-state index in [0.29, 0.717) is 24.5 Å². The SMILES string of the molecule is CN1CCC(N(C)Cc2cccc(OC[C@H]3CCCN(C(=O)C4CCCCC4)C3)c2)CC1. The van der Waals surface area contributed by atoms with Gasteiger partial charge in [0, 0.05) is 37.5 Å².